The zero-order valence-electron chi connectivity index (χ0n) is 14.0. The molecule has 0 saturated heterocycles. The Bertz CT molecular complexity index is 705. The summed E-state index contributed by atoms with van der Waals surface area (Å²) in [6, 6.07) is 13.9. The molecule has 0 spiro atoms. The van der Waals surface area contributed by atoms with Crippen LogP contribution >= 0.6 is 0 Å². The van der Waals surface area contributed by atoms with Crippen LogP contribution in [0.5, 0.6) is 5.75 Å². The first-order valence-electron chi connectivity index (χ1n) is 8.13. The first-order chi connectivity index (χ1) is 12.3. The van der Waals surface area contributed by atoms with E-state index in [2.05, 4.69) is 5.32 Å². The summed E-state index contributed by atoms with van der Waals surface area (Å²) in [6.07, 6.45) is -4.61. The molecule has 0 radical (unpaired) electrons. The van der Waals surface area contributed by atoms with Crippen molar-refractivity contribution < 1.29 is 27.8 Å². The Morgan fingerprint density at radius 1 is 1.12 bits per heavy atom. The van der Waals surface area contributed by atoms with Gasteiger partial charge in [-0.15, -0.1) is 0 Å². The maximum Gasteiger partial charge on any atom is 0.416 e. The molecule has 1 unspecified atom stereocenters. The molecular formula is C19H20F3NO3. The summed E-state index contributed by atoms with van der Waals surface area (Å²) in [5.74, 6) is -0.207. The highest BCUT2D eigenvalue weighted by molar-refractivity contribution is 5.76. The van der Waals surface area contributed by atoms with Crippen LogP contribution in [0.25, 0.3) is 0 Å². The van der Waals surface area contributed by atoms with Crippen LogP contribution in [0.4, 0.5) is 13.2 Å². The minimum atomic E-state index is -4.45. The number of hydrogen-bond donors (Lipinski definition) is 2. The molecule has 4 nitrogen and oxygen atoms in total. The first-order valence-corrected chi connectivity index (χ1v) is 8.13. The molecule has 140 valence electrons. The van der Waals surface area contributed by atoms with Gasteiger partial charge in [-0.3, -0.25) is 4.79 Å². The standard InChI is InChI=1S/C19H20F3NO3/c20-19(21,22)15-7-4-8-17(11-15)26-13-16(24)12-23-18(25)10-9-14-5-2-1-3-6-14/h1-8,11,16,24H,9-10,12-13H2,(H,23,25). The van der Waals surface area contributed by atoms with E-state index in [1.165, 1.54) is 12.1 Å². The molecule has 0 aliphatic heterocycles. The molecule has 7 heteroatoms. The van der Waals surface area contributed by atoms with Gasteiger partial charge >= 0.3 is 6.18 Å². The maximum atomic E-state index is 12.6. The van der Waals surface area contributed by atoms with E-state index < -0.39 is 17.8 Å². The van der Waals surface area contributed by atoms with E-state index in [1.54, 1.807) is 0 Å². The predicted molar refractivity (Wildman–Crippen MR) is 90.7 cm³/mol. The number of hydrogen-bond acceptors (Lipinski definition) is 3. The van der Waals surface area contributed by atoms with E-state index in [9.17, 15) is 23.1 Å². The molecule has 0 aliphatic carbocycles. The topological polar surface area (TPSA) is 58.6 Å². The van der Waals surface area contributed by atoms with E-state index in [0.29, 0.717) is 6.42 Å². The van der Waals surface area contributed by atoms with Crippen molar-refractivity contribution in [1.29, 1.82) is 0 Å². The van der Waals surface area contributed by atoms with Crippen molar-refractivity contribution in [3.63, 3.8) is 0 Å². The van der Waals surface area contributed by atoms with Gasteiger partial charge in [-0.05, 0) is 30.2 Å². The Kier molecular flexibility index (Phi) is 7.03. The fraction of sp³-hybridized carbons (Fsp3) is 0.316. The number of halogens is 3. The Morgan fingerprint density at radius 2 is 1.85 bits per heavy atom. The third-order valence-corrected chi connectivity index (χ3v) is 3.62. The number of ether oxygens (including phenoxy) is 1. The molecule has 2 rings (SSSR count). The molecule has 2 aromatic carbocycles. The summed E-state index contributed by atoms with van der Waals surface area (Å²) in [4.78, 5) is 11.8. The van der Waals surface area contributed by atoms with Crippen LogP contribution in [0.2, 0.25) is 0 Å². The number of aryl methyl sites for hydroxylation is 1. The predicted octanol–water partition coefficient (Wildman–Crippen LogP) is 3.19. The van der Waals surface area contributed by atoms with Gasteiger partial charge in [-0.25, -0.2) is 0 Å². The van der Waals surface area contributed by atoms with Crippen LogP contribution in [0.1, 0.15) is 17.5 Å². The third-order valence-electron chi connectivity index (χ3n) is 3.62. The number of aliphatic hydroxyl groups is 1. The summed E-state index contributed by atoms with van der Waals surface area (Å²) in [7, 11) is 0. The molecule has 0 aromatic heterocycles. The lowest BCUT2D eigenvalue weighted by Crippen LogP contribution is -2.35. The van der Waals surface area contributed by atoms with E-state index in [0.717, 1.165) is 17.7 Å². The molecule has 2 N–H and O–H groups in total. The molecule has 26 heavy (non-hydrogen) atoms. The number of carbonyl (C=O) groups is 1. The Balaban J connectivity index is 1.70. The lowest BCUT2D eigenvalue weighted by atomic mass is 10.1. The smallest absolute Gasteiger partial charge is 0.416 e. The number of alkyl halides is 3. The van der Waals surface area contributed by atoms with Crippen LogP contribution in [0, 0.1) is 0 Å². The molecule has 0 aliphatic rings. The largest absolute Gasteiger partial charge is 0.491 e. The average molecular weight is 367 g/mol. The summed E-state index contributed by atoms with van der Waals surface area (Å²) in [5, 5.41) is 12.4. The Morgan fingerprint density at radius 3 is 2.54 bits per heavy atom. The van der Waals surface area contributed by atoms with Crippen LogP contribution in [-0.4, -0.2) is 30.3 Å². The van der Waals surface area contributed by atoms with Gasteiger partial charge in [-0.2, -0.15) is 13.2 Å². The van der Waals surface area contributed by atoms with Crippen LogP contribution in [0.15, 0.2) is 54.6 Å². The van der Waals surface area contributed by atoms with E-state index in [1.807, 2.05) is 30.3 Å². The van der Waals surface area contributed by atoms with E-state index in [4.69, 9.17) is 4.74 Å². The summed E-state index contributed by atoms with van der Waals surface area (Å²) in [5.41, 5.74) is 0.217. The molecule has 0 fully saturated rings. The lowest BCUT2D eigenvalue weighted by molar-refractivity contribution is -0.137. The third kappa shape index (κ3) is 6.76. The fourth-order valence-electron chi connectivity index (χ4n) is 2.24. The number of aliphatic hydroxyl groups excluding tert-OH is 1. The maximum absolute atomic E-state index is 12.6. The van der Waals surface area contributed by atoms with Crippen molar-refractivity contribution in [3.05, 3.63) is 65.7 Å². The molecule has 1 atom stereocenters. The monoisotopic (exact) mass is 367 g/mol. The highest BCUT2D eigenvalue weighted by atomic mass is 19.4. The van der Waals surface area contributed by atoms with Crippen molar-refractivity contribution >= 4 is 5.91 Å². The van der Waals surface area contributed by atoms with Gasteiger partial charge in [0.15, 0.2) is 0 Å². The van der Waals surface area contributed by atoms with Crippen molar-refractivity contribution in [2.75, 3.05) is 13.2 Å². The second kappa shape index (κ2) is 9.24. The number of benzene rings is 2. The highest BCUT2D eigenvalue weighted by Crippen LogP contribution is 2.31. The van der Waals surface area contributed by atoms with Crippen molar-refractivity contribution in [1.82, 2.24) is 5.32 Å². The highest BCUT2D eigenvalue weighted by Gasteiger charge is 2.30. The minimum Gasteiger partial charge on any atom is -0.491 e. The van der Waals surface area contributed by atoms with Crippen LogP contribution in [-0.2, 0) is 17.4 Å². The van der Waals surface area contributed by atoms with Crippen LogP contribution in [0.3, 0.4) is 0 Å². The van der Waals surface area contributed by atoms with Gasteiger partial charge in [0, 0.05) is 13.0 Å². The van der Waals surface area contributed by atoms with Crippen molar-refractivity contribution in [2.45, 2.75) is 25.1 Å². The molecule has 0 saturated carbocycles. The SMILES string of the molecule is O=C(CCc1ccccc1)NCC(O)COc1cccc(C(F)(F)F)c1. The van der Waals surface area contributed by atoms with Crippen molar-refractivity contribution in [2.24, 2.45) is 0 Å². The normalized spacial score (nSPS) is 12.5. The quantitative estimate of drug-likeness (QED) is 0.753. The number of amides is 1. The van der Waals surface area contributed by atoms with Gasteiger partial charge in [0.05, 0.1) is 5.56 Å². The van der Waals surface area contributed by atoms with Gasteiger partial charge in [-0.1, -0.05) is 36.4 Å². The number of carbonyl (C=O) groups excluding carboxylic acids is 1. The fourth-order valence-corrected chi connectivity index (χ4v) is 2.24. The molecule has 2 aromatic rings. The molecular weight excluding hydrogens is 347 g/mol. The minimum absolute atomic E-state index is 0.00859. The second-order valence-electron chi connectivity index (χ2n) is 5.78. The zero-order valence-corrected chi connectivity index (χ0v) is 14.0. The number of nitrogens with one attached hydrogen (secondary N) is 1. The number of rotatable bonds is 8. The van der Waals surface area contributed by atoms with Gasteiger partial charge in [0.25, 0.3) is 0 Å². The van der Waals surface area contributed by atoms with Gasteiger partial charge < -0.3 is 15.2 Å². The van der Waals surface area contributed by atoms with Crippen LogP contribution < -0.4 is 10.1 Å². The molecule has 1 amide bonds. The second-order valence-corrected chi connectivity index (χ2v) is 5.78. The lowest BCUT2D eigenvalue weighted by Gasteiger charge is -2.14. The summed E-state index contributed by atoms with van der Waals surface area (Å²) < 4.78 is 43.0. The first kappa shape index (κ1) is 19.8. The molecule has 0 bridgehead atoms. The van der Waals surface area contributed by atoms with E-state index in [-0.39, 0.29) is 31.2 Å². The Labute approximate surface area is 149 Å². The summed E-state index contributed by atoms with van der Waals surface area (Å²) >= 11 is 0. The van der Waals surface area contributed by atoms with Crippen molar-refractivity contribution in [3.8, 4) is 5.75 Å². The van der Waals surface area contributed by atoms with E-state index >= 15 is 0 Å². The molecule has 0 heterocycles. The van der Waals surface area contributed by atoms with Gasteiger partial charge in [0.1, 0.15) is 18.5 Å². The van der Waals surface area contributed by atoms with Gasteiger partial charge in [0.2, 0.25) is 5.91 Å². The average Bonchev–Trinajstić information content (AvgIpc) is 2.63. The Hall–Kier alpha value is -2.54. The summed E-state index contributed by atoms with van der Waals surface area (Å²) in [6.45, 7) is -0.257. The zero-order chi connectivity index (χ0) is 19.0.